The Hall–Kier alpha value is -3.51. The van der Waals surface area contributed by atoms with E-state index in [1.165, 1.54) is 0 Å². The molecule has 0 spiro atoms. The smallest absolute Gasteiger partial charge is 0.257 e. The molecule has 0 bridgehead atoms. The van der Waals surface area contributed by atoms with Crippen LogP contribution in [-0.4, -0.2) is 16.0 Å². The Bertz CT molecular complexity index is 1170. The molecule has 3 aromatic carbocycles. The number of hydrogen-bond acceptors (Lipinski definition) is 4. The number of nitrogens with zero attached hydrogens (tertiary/aromatic N) is 1. The molecule has 0 unspecified atom stereocenters. The average Bonchev–Trinajstić information content (AvgIpc) is 3.12. The first-order valence-electron chi connectivity index (χ1n) is 8.73. The van der Waals surface area contributed by atoms with Crippen LogP contribution < -0.4 is 10.6 Å². The number of amides is 1. The molecular weight excluding hydrogens is 370 g/mol. The zero-order valence-corrected chi connectivity index (χ0v) is 15.9. The Morgan fingerprint density at radius 3 is 2.61 bits per heavy atom. The van der Waals surface area contributed by atoms with Gasteiger partial charge in [0.25, 0.3) is 5.91 Å². The van der Waals surface area contributed by atoms with Crippen molar-refractivity contribution in [3.63, 3.8) is 0 Å². The lowest BCUT2D eigenvalue weighted by molar-refractivity contribution is 0.0977. The summed E-state index contributed by atoms with van der Waals surface area (Å²) < 4.78 is 5.85. The summed E-state index contributed by atoms with van der Waals surface area (Å²) in [6.07, 6.45) is 0. The number of oxazole rings is 1. The fourth-order valence-corrected chi connectivity index (χ4v) is 3.04. The van der Waals surface area contributed by atoms with E-state index in [0.29, 0.717) is 22.6 Å². The molecule has 0 saturated carbocycles. The summed E-state index contributed by atoms with van der Waals surface area (Å²) in [4.78, 5) is 16.7. The van der Waals surface area contributed by atoms with Crippen LogP contribution >= 0.6 is 12.2 Å². The van der Waals surface area contributed by atoms with E-state index in [1.807, 2.05) is 55.5 Å². The summed E-state index contributed by atoms with van der Waals surface area (Å²) in [6.45, 7) is 2.03. The van der Waals surface area contributed by atoms with Crippen LogP contribution in [0.4, 0.5) is 5.69 Å². The highest BCUT2D eigenvalue weighted by Crippen LogP contribution is 2.26. The van der Waals surface area contributed by atoms with Crippen molar-refractivity contribution in [1.82, 2.24) is 10.3 Å². The predicted molar refractivity (Wildman–Crippen MR) is 114 cm³/mol. The Balaban J connectivity index is 1.50. The highest BCUT2D eigenvalue weighted by Gasteiger charge is 2.11. The molecule has 1 heterocycles. The van der Waals surface area contributed by atoms with E-state index in [4.69, 9.17) is 16.6 Å². The molecule has 0 aliphatic carbocycles. The third kappa shape index (κ3) is 3.92. The first-order valence-corrected chi connectivity index (χ1v) is 9.14. The molecule has 0 atom stereocenters. The van der Waals surface area contributed by atoms with Gasteiger partial charge in [0, 0.05) is 16.8 Å². The number of thiocarbonyl (C=S) groups is 1. The van der Waals surface area contributed by atoms with Crippen molar-refractivity contribution in [1.29, 1.82) is 0 Å². The first kappa shape index (κ1) is 17.9. The number of rotatable bonds is 3. The number of anilines is 1. The normalized spacial score (nSPS) is 10.6. The highest BCUT2D eigenvalue weighted by atomic mass is 32.1. The zero-order valence-electron chi connectivity index (χ0n) is 15.1. The van der Waals surface area contributed by atoms with Gasteiger partial charge in [0.1, 0.15) is 5.52 Å². The predicted octanol–water partition coefficient (Wildman–Crippen LogP) is 4.93. The van der Waals surface area contributed by atoms with Crippen molar-refractivity contribution in [3.8, 4) is 11.5 Å². The second-order valence-electron chi connectivity index (χ2n) is 6.35. The number of aryl methyl sites for hydroxylation is 1. The molecule has 0 saturated heterocycles. The zero-order chi connectivity index (χ0) is 19.5. The maximum absolute atomic E-state index is 12.2. The minimum Gasteiger partial charge on any atom is -0.436 e. The fraction of sp³-hybridized carbons (Fsp3) is 0.0455. The minimum atomic E-state index is -0.262. The summed E-state index contributed by atoms with van der Waals surface area (Å²) >= 11 is 5.24. The molecule has 4 rings (SSSR count). The fourth-order valence-electron chi connectivity index (χ4n) is 2.83. The lowest BCUT2D eigenvalue weighted by atomic mass is 10.1. The van der Waals surface area contributed by atoms with Crippen LogP contribution in [0.2, 0.25) is 0 Å². The summed E-state index contributed by atoms with van der Waals surface area (Å²) in [7, 11) is 0. The molecule has 0 aliphatic rings. The molecule has 6 heteroatoms. The van der Waals surface area contributed by atoms with E-state index >= 15 is 0 Å². The summed E-state index contributed by atoms with van der Waals surface area (Å²) in [5, 5.41) is 5.90. The Labute approximate surface area is 167 Å². The molecular formula is C22H17N3O2S. The van der Waals surface area contributed by atoms with Crippen molar-refractivity contribution in [2.24, 2.45) is 0 Å². The van der Waals surface area contributed by atoms with Gasteiger partial charge in [-0.2, -0.15) is 0 Å². The summed E-state index contributed by atoms with van der Waals surface area (Å²) in [6, 6.07) is 22.4. The number of carbonyl (C=O) groups excluding carboxylic acids is 1. The Morgan fingerprint density at radius 1 is 1.00 bits per heavy atom. The van der Waals surface area contributed by atoms with Crippen LogP contribution in [0.5, 0.6) is 0 Å². The van der Waals surface area contributed by atoms with Gasteiger partial charge in [-0.05, 0) is 61.6 Å². The SMILES string of the molecule is Cc1cccc(-c2nc3cc(NC(=S)NC(=O)c4ccccc4)ccc3o2)c1. The maximum Gasteiger partial charge on any atom is 0.257 e. The number of hydrogen-bond donors (Lipinski definition) is 2. The van der Waals surface area contributed by atoms with Crippen molar-refractivity contribution in [2.45, 2.75) is 6.92 Å². The maximum atomic E-state index is 12.2. The minimum absolute atomic E-state index is 0.218. The van der Waals surface area contributed by atoms with E-state index < -0.39 is 0 Å². The first-order chi connectivity index (χ1) is 13.6. The van der Waals surface area contributed by atoms with Crippen molar-refractivity contribution in [3.05, 3.63) is 83.9 Å². The van der Waals surface area contributed by atoms with Gasteiger partial charge < -0.3 is 9.73 Å². The average molecular weight is 387 g/mol. The molecule has 28 heavy (non-hydrogen) atoms. The summed E-state index contributed by atoms with van der Waals surface area (Å²) in [5.74, 6) is 0.304. The quantitative estimate of drug-likeness (QED) is 0.488. The number of fused-ring (bicyclic) bond motifs is 1. The van der Waals surface area contributed by atoms with Gasteiger partial charge >= 0.3 is 0 Å². The van der Waals surface area contributed by atoms with Gasteiger partial charge in [-0.3, -0.25) is 10.1 Å². The molecule has 1 aromatic heterocycles. The van der Waals surface area contributed by atoms with Crippen molar-refractivity contribution in [2.75, 3.05) is 5.32 Å². The number of aromatic nitrogens is 1. The Morgan fingerprint density at radius 2 is 1.82 bits per heavy atom. The van der Waals surface area contributed by atoms with E-state index in [-0.39, 0.29) is 11.0 Å². The number of benzene rings is 3. The molecule has 2 N–H and O–H groups in total. The number of nitrogens with one attached hydrogen (secondary N) is 2. The molecule has 4 aromatic rings. The van der Waals surface area contributed by atoms with Crippen molar-refractivity contribution < 1.29 is 9.21 Å². The second-order valence-corrected chi connectivity index (χ2v) is 6.75. The second kappa shape index (κ2) is 7.62. The monoisotopic (exact) mass is 387 g/mol. The molecule has 1 amide bonds. The number of carbonyl (C=O) groups is 1. The largest absolute Gasteiger partial charge is 0.436 e. The molecule has 0 fully saturated rings. The Kier molecular flexibility index (Phi) is 4.87. The van der Waals surface area contributed by atoms with Crippen LogP contribution in [-0.2, 0) is 0 Å². The van der Waals surface area contributed by atoms with E-state index in [0.717, 1.165) is 16.8 Å². The van der Waals surface area contributed by atoms with Crippen LogP contribution in [0, 0.1) is 6.92 Å². The van der Waals surface area contributed by atoms with E-state index in [9.17, 15) is 4.79 Å². The standard InChI is InChI=1S/C22H17N3O2S/c1-14-6-5-9-16(12-14)21-24-18-13-17(10-11-19(18)27-21)23-22(28)25-20(26)15-7-3-2-4-8-15/h2-13H,1H3,(H2,23,25,26,28). The molecule has 138 valence electrons. The summed E-state index contributed by atoms with van der Waals surface area (Å²) in [5.41, 5.74) is 4.72. The van der Waals surface area contributed by atoms with Crippen LogP contribution in [0.15, 0.2) is 77.2 Å². The molecule has 0 aliphatic heterocycles. The lowest BCUT2D eigenvalue weighted by Crippen LogP contribution is -2.34. The highest BCUT2D eigenvalue weighted by molar-refractivity contribution is 7.80. The topological polar surface area (TPSA) is 67.2 Å². The van der Waals surface area contributed by atoms with Gasteiger partial charge in [0.2, 0.25) is 5.89 Å². The van der Waals surface area contributed by atoms with Gasteiger partial charge in [0.15, 0.2) is 10.7 Å². The van der Waals surface area contributed by atoms with Gasteiger partial charge in [-0.1, -0.05) is 35.9 Å². The third-order valence-corrected chi connectivity index (χ3v) is 4.38. The third-order valence-electron chi connectivity index (χ3n) is 4.17. The van der Waals surface area contributed by atoms with Gasteiger partial charge in [-0.25, -0.2) is 4.98 Å². The van der Waals surface area contributed by atoms with Crippen LogP contribution in [0.3, 0.4) is 0 Å². The molecule has 0 radical (unpaired) electrons. The van der Waals surface area contributed by atoms with Gasteiger partial charge in [-0.15, -0.1) is 0 Å². The molecule has 5 nitrogen and oxygen atoms in total. The van der Waals surface area contributed by atoms with Gasteiger partial charge in [0.05, 0.1) is 0 Å². The van der Waals surface area contributed by atoms with Crippen LogP contribution in [0.1, 0.15) is 15.9 Å². The van der Waals surface area contributed by atoms with Crippen molar-refractivity contribution >= 4 is 40.0 Å². The lowest BCUT2D eigenvalue weighted by Gasteiger charge is -2.09. The van der Waals surface area contributed by atoms with E-state index in [2.05, 4.69) is 15.6 Å². The van der Waals surface area contributed by atoms with E-state index in [1.54, 1.807) is 24.3 Å². The van der Waals surface area contributed by atoms with Crippen LogP contribution in [0.25, 0.3) is 22.6 Å².